The van der Waals surface area contributed by atoms with Gasteiger partial charge in [0, 0.05) is 12.6 Å². The van der Waals surface area contributed by atoms with Crippen LogP contribution in [0.5, 0.6) is 0 Å². The van der Waals surface area contributed by atoms with Gasteiger partial charge in [0.1, 0.15) is 18.2 Å². The number of hydrogen-bond acceptors (Lipinski definition) is 4. The van der Waals surface area contributed by atoms with Gasteiger partial charge < -0.3 is 20.3 Å². The van der Waals surface area contributed by atoms with Crippen molar-refractivity contribution < 1.29 is 19.1 Å². The second kappa shape index (κ2) is 12.1. The van der Waals surface area contributed by atoms with E-state index in [9.17, 15) is 14.4 Å². The summed E-state index contributed by atoms with van der Waals surface area (Å²) in [5.41, 5.74) is 1.07. The maximum absolute atomic E-state index is 13.2. The standard InChI is InChI=1S/C24H37N3O4/c1-8-10-18(4)26-22(29)21(19-13-11-17(3)12-14-19)27(15-9-2)20(28)16-25-23(30)31-24(5,6)7/h9,11-14,18,21H,2,8,10,15-16H2,1,3-7H3,(H,25,30)(H,26,29). The molecule has 2 N–H and O–H groups in total. The molecule has 172 valence electrons. The van der Waals surface area contributed by atoms with E-state index >= 15 is 0 Å². The molecule has 0 aliphatic rings. The molecule has 0 heterocycles. The monoisotopic (exact) mass is 431 g/mol. The van der Waals surface area contributed by atoms with E-state index in [0.717, 1.165) is 18.4 Å². The first-order chi connectivity index (χ1) is 14.5. The number of aryl methyl sites for hydroxylation is 1. The van der Waals surface area contributed by atoms with Gasteiger partial charge in [-0.25, -0.2) is 4.79 Å². The van der Waals surface area contributed by atoms with Crippen molar-refractivity contribution in [2.45, 2.75) is 72.1 Å². The number of rotatable bonds is 10. The van der Waals surface area contributed by atoms with E-state index < -0.39 is 23.6 Å². The molecule has 0 fully saturated rings. The molecule has 2 unspecified atom stereocenters. The van der Waals surface area contributed by atoms with Gasteiger partial charge in [0.2, 0.25) is 11.8 Å². The number of ether oxygens (including phenoxy) is 1. The summed E-state index contributed by atoms with van der Waals surface area (Å²) >= 11 is 0. The number of benzene rings is 1. The average molecular weight is 432 g/mol. The van der Waals surface area contributed by atoms with Gasteiger partial charge >= 0.3 is 6.09 Å². The molecule has 0 bridgehead atoms. The second-order valence-electron chi connectivity index (χ2n) is 8.70. The predicted octanol–water partition coefficient (Wildman–Crippen LogP) is 3.88. The van der Waals surface area contributed by atoms with Crippen molar-refractivity contribution in [3.8, 4) is 0 Å². The summed E-state index contributed by atoms with van der Waals surface area (Å²) in [7, 11) is 0. The fourth-order valence-corrected chi connectivity index (χ4v) is 3.10. The molecule has 0 aromatic heterocycles. The number of hydrogen-bond donors (Lipinski definition) is 2. The van der Waals surface area contributed by atoms with Crippen molar-refractivity contribution in [3.05, 3.63) is 48.0 Å². The second-order valence-corrected chi connectivity index (χ2v) is 8.70. The fourth-order valence-electron chi connectivity index (χ4n) is 3.10. The van der Waals surface area contributed by atoms with E-state index in [-0.39, 0.29) is 25.0 Å². The number of amides is 3. The zero-order valence-corrected chi connectivity index (χ0v) is 19.7. The van der Waals surface area contributed by atoms with Gasteiger partial charge in [-0.1, -0.05) is 49.2 Å². The van der Waals surface area contributed by atoms with Gasteiger partial charge in [-0.2, -0.15) is 0 Å². The third-order valence-electron chi connectivity index (χ3n) is 4.49. The average Bonchev–Trinajstić information content (AvgIpc) is 2.66. The quantitative estimate of drug-likeness (QED) is 0.550. The van der Waals surface area contributed by atoms with Gasteiger partial charge in [0.15, 0.2) is 0 Å². The third-order valence-corrected chi connectivity index (χ3v) is 4.49. The van der Waals surface area contributed by atoms with E-state index in [0.29, 0.717) is 5.56 Å². The molecule has 0 radical (unpaired) electrons. The summed E-state index contributed by atoms with van der Waals surface area (Å²) < 4.78 is 5.19. The highest BCUT2D eigenvalue weighted by Gasteiger charge is 2.31. The maximum atomic E-state index is 13.2. The minimum Gasteiger partial charge on any atom is -0.444 e. The van der Waals surface area contributed by atoms with Crippen molar-refractivity contribution in [2.24, 2.45) is 0 Å². The molecule has 1 rings (SSSR count). The van der Waals surface area contributed by atoms with Crippen LogP contribution in [0, 0.1) is 6.92 Å². The van der Waals surface area contributed by atoms with Crippen molar-refractivity contribution in [1.82, 2.24) is 15.5 Å². The SMILES string of the molecule is C=CCN(C(=O)CNC(=O)OC(C)(C)C)C(C(=O)NC(C)CCC)c1ccc(C)cc1. The van der Waals surface area contributed by atoms with Crippen LogP contribution in [0.4, 0.5) is 4.79 Å². The minimum atomic E-state index is -0.842. The van der Waals surface area contributed by atoms with Gasteiger partial charge in [-0.05, 0) is 46.6 Å². The summed E-state index contributed by atoms with van der Waals surface area (Å²) in [5, 5.41) is 5.48. The van der Waals surface area contributed by atoms with Gasteiger partial charge in [-0.15, -0.1) is 6.58 Å². The molecule has 0 spiro atoms. The van der Waals surface area contributed by atoms with Crippen LogP contribution in [0.3, 0.4) is 0 Å². The van der Waals surface area contributed by atoms with Crippen LogP contribution in [0.1, 0.15) is 64.6 Å². The molecule has 2 atom stereocenters. The van der Waals surface area contributed by atoms with Crippen molar-refractivity contribution in [1.29, 1.82) is 0 Å². The van der Waals surface area contributed by atoms with Crippen molar-refractivity contribution in [3.63, 3.8) is 0 Å². The number of carbonyl (C=O) groups excluding carboxylic acids is 3. The summed E-state index contributed by atoms with van der Waals surface area (Å²) in [6.07, 6.45) is 2.65. The highest BCUT2D eigenvalue weighted by molar-refractivity contribution is 5.90. The molecule has 7 nitrogen and oxygen atoms in total. The Balaban J connectivity index is 3.12. The van der Waals surface area contributed by atoms with Crippen LogP contribution >= 0.6 is 0 Å². The number of carbonyl (C=O) groups is 3. The Morgan fingerprint density at radius 3 is 2.32 bits per heavy atom. The number of nitrogens with one attached hydrogen (secondary N) is 2. The first-order valence-electron chi connectivity index (χ1n) is 10.7. The largest absolute Gasteiger partial charge is 0.444 e. The normalized spacial score (nSPS) is 13.0. The molecule has 1 aromatic carbocycles. The Hall–Kier alpha value is -2.83. The summed E-state index contributed by atoms with van der Waals surface area (Å²) in [6.45, 7) is 14.8. The highest BCUT2D eigenvalue weighted by atomic mass is 16.6. The lowest BCUT2D eigenvalue weighted by atomic mass is 10.0. The van der Waals surface area contributed by atoms with Gasteiger partial charge in [0.25, 0.3) is 0 Å². The van der Waals surface area contributed by atoms with E-state index in [1.165, 1.54) is 4.90 Å². The molecule has 1 aromatic rings. The number of nitrogens with zero attached hydrogens (tertiary/aromatic N) is 1. The van der Waals surface area contributed by atoms with Crippen molar-refractivity contribution in [2.75, 3.05) is 13.1 Å². The van der Waals surface area contributed by atoms with E-state index in [1.807, 2.05) is 38.1 Å². The molecule has 7 heteroatoms. The van der Waals surface area contributed by atoms with E-state index in [1.54, 1.807) is 26.8 Å². The maximum Gasteiger partial charge on any atom is 0.408 e. The molecule has 31 heavy (non-hydrogen) atoms. The molecular formula is C24H37N3O4. The topological polar surface area (TPSA) is 87.7 Å². The Morgan fingerprint density at radius 1 is 1.19 bits per heavy atom. The number of alkyl carbamates (subject to hydrolysis) is 1. The third kappa shape index (κ3) is 9.24. The lowest BCUT2D eigenvalue weighted by Crippen LogP contribution is -2.49. The molecule has 0 saturated carbocycles. The summed E-state index contributed by atoms with van der Waals surface area (Å²) in [4.78, 5) is 39.6. The summed E-state index contributed by atoms with van der Waals surface area (Å²) in [5.74, 6) is -0.674. The molecular weight excluding hydrogens is 394 g/mol. The molecule has 3 amide bonds. The zero-order valence-electron chi connectivity index (χ0n) is 19.7. The first kappa shape index (κ1) is 26.2. The van der Waals surface area contributed by atoms with Crippen LogP contribution in [-0.4, -0.2) is 47.5 Å². The van der Waals surface area contributed by atoms with Crippen LogP contribution in [0.25, 0.3) is 0 Å². The predicted molar refractivity (Wildman–Crippen MR) is 123 cm³/mol. The van der Waals surface area contributed by atoms with E-state index in [2.05, 4.69) is 24.1 Å². The minimum absolute atomic E-state index is 0.0222. The van der Waals surface area contributed by atoms with Gasteiger partial charge in [-0.3, -0.25) is 9.59 Å². The lowest BCUT2D eigenvalue weighted by Gasteiger charge is -2.31. The molecule has 0 saturated heterocycles. The fraction of sp³-hybridized carbons (Fsp3) is 0.542. The van der Waals surface area contributed by atoms with E-state index in [4.69, 9.17) is 4.74 Å². The van der Waals surface area contributed by atoms with Crippen LogP contribution < -0.4 is 10.6 Å². The zero-order chi connectivity index (χ0) is 23.6. The Bertz CT molecular complexity index is 753. The molecule has 0 aliphatic heterocycles. The highest BCUT2D eigenvalue weighted by Crippen LogP contribution is 2.23. The summed E-state index contributed by atoms with van der Waals surface area (Å²) in [6, 6.07) is 6.63. The van der Waals surface area contributed by atoms with Crippen LogP contribution in [0.2, 0.25) is 0 Å². The smallest absolute Gasteiger partial charge is 0.408 e. The molecule has 0 aliphatic carbocycles. The Morgan fingerprint density at radius 2 is 1.81 bits per heavy atom. The van der Waals surface area contributed by atoms with Crippen molar-refractivity contribution >= 4 is 17.9 Å². The lowest BCUT2D eigenvalue weighted by molar-refractivity contribution is -0.139. The van der Waals surface area contributed by atoms with Crippen LogP contribution in [0.15, 0.2) is 36.9 Å². The Kier molecular flexibility index (Phi) is 10.3. The van der Waals surface area contributed by atoms with Gasteiger partial charge in [0.05, 0.1) is 0 Å². The Labute approximate surface area is 186 Å². The van der Waals surface area contributed by atoms with Crippen LogP contribution in [-0.2, 0) is 14.3 Å². The first-order valence-corrected chi connectivity index (χ1v) is 10.7.